The third-order valence-corrected chi connectivity index (χ3v) is 4.96. The van der Waals surface area contributed by atoms with Gasteiger partial charge in [0.1, 0.15) is 10.6 Å². The summed E-state index contributed by atoms with van der Waals surface area (Å²) in [5.74, 6) is -0.352. The number of ether oxygens (including phenoxy) is 1. The van der Waals surface area contributed by atoms with Crippen LogP contribution in [-0.2, 0) is 19.6 Å². The zero-order chi connectivity index (χ0) is 17.0. The van der Waals surface area contributed by atoms with Crippen molar-refractivity contribution in [3.05, 3.63) is 41.5 Å². The topological polar surface area (TPSA) is 111 Å². The molecule has 8 nitrogen and oxygen atoms in total. The van der Waals surface area contributed by atoms with Crippen LogP contribution < -0.4 is 4.72 Å². The largest absolute Gasteiger partial charge is 0.469 e. The lowest BCUT2D eigenvalue weighted by atomic mass is 10.1. The number of hydrogen-bond acceptors (Lipinski definition) is 7. The number of esters is 1. The molecular formula is C14H17N3O5S. The number of rotatable bonds is 6. The van der Waals surface area contributed by atoms with Crippen LogP contribution >= 0.6 is 0 Å². The maximum Gasteiger partial charge on any atom is 0.307 e. The first-order valence-electron chi connectivity index (χ1n) is 6.77. The van der Waals surface area contributed by atoms with Gasteiger partial charge in [-0.2, -0.15) is 0 Å². The molecule has 1 unspecified atom stereocenters. The van der Waals surface area contributed by atoms with Crippen LogP contribution in [0.4, 0.5) is 0 Å². The van der Waals surface area contributed by atoms with Crippen LogP contribution in [0, 0.1) is 13.8 Å². The Balaban J connectivity index is 2.36. The number of carbonyl (C=O) groups is 1. The first-order valence-corrected chi connectivity index (χ1v) is 8.25. The summed E-state index contributed by atoms with van der Waals surface area (Å²) >= 11 is 0. The molecule has 23 heavy (non-hydrogen) atoms. The van der Waals surface area contributed by atoms with E-state index in [1.165, 1.54) is 33.4 Å². The van der Waals surface area contributed by atoms with E-state index >= 15 is 0 Å². The van der Waals surface area contributed by atoms with Gasteiger partial charge >= 0.3 is 5.97 Å². The van der Waals surface area contributed by atoms with Crippen LogP contribution in [0.5, 0.6) is 0 Å². The second-order valence-corrected chi connectivity index (χ2v) is 6.54. The molecule has 0 aliphatic heterocycles. The van der Waals surface area contributed by atoms with Crippen molar-refractivity contribution in [2.45, 2.75) is 31.2 Å². The third-order valence-electron chi connectivity index (χ3n) is 3.24. The Kier molecular flexibility index (Phi) is 5.12. The molecule has 0 aliphatic rings. The molecule has 1 N–H and O–H groups in total. The minimum atomic E-state index is -3.91. The molecule has 0 amide bonds. The SMILES string of the molecule is COC(=O)CC(NS(=O)(=O)c1c(C)noc1C)c1ccncc1. The van der Waals surface area contributed by atoms with Crippen LogP contribution in [0.3, 0.4) is 0 Å². The number of aromatic nitrogens is 2. The molecule has 2 heterocycles. The highest BCUT2D eigenvalue weighted by atomic mass is 32.2. The van der Waals surface area contributed by atoms with Gasteiger partial charge in [0, 0.05) is 12.4 Å². The maximum atomic E-state index is 12.6. The highest BCUT2D eigenvalue weighted by Crippen LogP contribution is 2.24. The predicted octanol–water partition coefficient (Wildman–Crippen LogP) is 1.27. The van der Waals surface area contributed by atoms with Crippen molar-refractivity contribution in [3.8, 4) is 0 Å². The summed E-state index contributed by atoms with van der Waals surface area (Å²) in [4.78, 5) is 15.5. The second kappa shape index (κ2) is 6.88. The number of nitrogens with zero attached hydrogens (tertiary/aromatic N) is 2. The van der Waals surface area contributed by atoms with Gasteiger partial charge < -0.3 is 9.26 Å². The van der Waals surface area contributed by atoms with E-state index in [4.69, 9.17) is 4.52 Å². The molecule has 0 spiro atoms. The lowest BCUT2D eigenvalue weighted by Gasteiger charge is -2.18. The number of hydrogen-bond donors (Lipinski definition) is 1. The zero-order valence-electron chi connectivity index (χ0n) is 12.9. The Morgan fingerprint density at radius 3 is 2.52 bits per heavy atom. The minimum absolute atomic E-state index is 0.0265. The molecule has 0 radical (unpaired) electrons. The van der Waals surface area contributed by atoms with E-state index in [-0.39, 0.29) is 22.8 Å². The average molecular weight is 339 g/mol. The Hall–Kier alpha value is -2.26. The van der Waals surface area contributed by atoms with Gasteiger partial charge in [-0.15, -0.1) is 0 Å². The van der Waals surface area contributed by atoms with Crippen molar-refractivity contribution in [3.63, 3.8) is 0 Å². The molecule has 0 aliphatic carbocycles. The normalized spacial score (nSPS) is 12.8. The summed E-state index contributed by atoms with van der Waals surface area (Å²) in [7, 11) is -2.67. The highest BCUT2D eigenvalue weighted by Gasteiger charge is 2.29. The average Bonchev–Trinajstić information content (AvgIpc) is 2.86. The van der Waals surface area contributed by atoms with Crippen molar-refractivity contribution in [1.29, 1.82) is 0 Å². The van der Waals surface area contributed by atoms with E-state index in [2.05, 4.69) is 19.6 Å². The monoisotopic (exact) mass is 339 g/mol. The minimum Gasteiger partial charge on any atom is -0.469 e. The van der Waals surface area contributed by atoms with Crippen molar-refractivity contribution >= 4 is 16.0 Å². The fourth-order valence-electron chi connectivity index (χ4n) is 2.18. The van der Waals surface area contributed by atoms with Crippen molar-refractivity contribution < 1.29 is 22.5 Å². The molecule has 2 rings (SSSR count). The first kappa shape index (κ1) is 17.1. The van der Waals surface area contributed by atoms with Crippen LogP contribution in [-0.4, -0.2) is 31.6 Å². The molecule has 9 heteroatoms. The molecule has 1 atom stereocenters. The summed E-state index contributed by atoms with van der Waals surface area (Å²) in [5, 5.41) is 3.64. The number of aryl methyl sites for hydroxylation is 2. The van der Waals surface area contributed by atoms with Crippen LogP contribution in [0.15, 0.2) is 33.9 Å². The summed E-state index contributed by atoms with van der Waals surface area (Å²) in [6.07, 6.45) is 2.89. The molecule has 2 aromatic heterocycles. The fourth-order valence-corrected chi connectivity index (χ4v) is 3.73. The van der Waals surface area contributed by atoms with E-state index in [0.717, 1.165) is 0 Å². The predicted molar refractivity (Wildman–Crippen MR) is 79.9 cm³/mol. The van der Waals surface area contributed by atoms with Gasteiger partial charge in [0.2, 0.25) is 10.0 Å². The lowest BCUT2D eigenvalue weighted by molar-refractivity contribution is -0.141. The molecular weight excluding hydrogens is 322 g/mol. The van der Waals surface area contributed by atoms with Gasteiger partial charge in [0.05, 0.1) is 19.6 Å². The molecule has 0 saturated carbocycles. The fraction of sp³-hybridized carbons (Fsp3) is 0.357. The number of pyridine rings is 1. The van der Waals surface area contributed by atoms with Gasteiger partial charge in [-0.1, -0.05) is 5.16 Å². The standard InChI is InChI=1S/C14H17N3O5S/c1-9-14(10(2)22-16-9)23(19,20)17-12(8-13(18)21-3)11-4-6-15-7-5-11/h4-7,12,17H,8H2,1-3H3. The summed E-state index contributed by atoms with van der Waals surface area (Å²) < 4.78 is 37.3. The highest BCUT2D eigenvalue weighted by molar-refractivity contribution is 7.89. The Labute approximate surface area is 133 Å². The van der Waals surface area contributed by atoms with Gasteiger partial charge in [-0.3, -0.25) is 9.78 Å². The number of sulfonamides is 1. The quantitative estimate of drug-likeness (QED) is 0.789. The molecule has 0 saturated heterocycles. The smallest absolute Gasteiger partial charge is 0.307 e. The summed E-state index contributed by atoms with van der Waals surface area (Å²) in [5.41, 5.74) is 0.849. The Morgan fingerprint density at radius 1 is 1.35 bits per heavy atom. The molecule has 0 aromatic carbocycles. The molecule has 0 fully saturated rings. The molecule has 0 bridgehead atoms. The molecule has 2 aromatic rings. The summed E-state index contributed by atoms with van der Waals surface area (Å²) in [6, 6.07) is 2.47. The summed E-state index contributed by atoms with van der Waals surface area (Å²) in [6.45, 7) is 3.04. The van der Waals surface area contributed by atoms with E-state index < -0.39 is 22.0 Å². The Bertz CT molecular complexity index is 766. The second-order valence-electron chi connectivity index (χ2n) is 4.89. The van der Waals surface area contributed by atoms with Gasteiger partial charge in [0.15, 0.2) is 5.76 Å². The molecule has 124 valence electrons. The van der Waals surface area contributed by atoms with Crippen molar-refractivity contribution in [2.24, 2.45) is 0 Å². The third kappa shape index (κ3) is 3.93. The Morgan fingerprint density at radius 2 is 2.00 bits per heavy atom. The van der Waals surface area contributed by atoms with Gasteiger partial charge in [0.25, 0.3) is 0 Å². The van der Waals surface area contributed by atoms with Crippen LogP contribution in [0.1, 0.15) is 29.5 Å². The number of carbonyl (C=O) groups excluding carboxylic acids is 1. The van der Waals surface area contributed by atoms with E-state index in [1.807, 2.05) is 0 Å². The lowest BCUT2D eigenvalue weighted by Crippen LogP contribution is -2.31. The van der Waals surface area contributed by atoms with E-state index in [0.29, 0.717) is 5.56 Å². The van der Waals surface area contributed by atoms with Gasteiger partial charge in [-0.05, 0) is 31.5 Å². The van der Waals surface area contributed by atoms with Gasteiger partial charge in [-0.25, -0.2) is 13.1 Å². The number of nitrogens with one attached hydrogen (secondary N) is 1. The van der Waals surface area contributed by atoms with Crippen LogP contribution in [0.2, 0.25) is 0 Å². The van der Waals surface area contributed by atoms with Crippen LogP contribution in [0.25, 0.3) is 0 Å². The number of methoxy groups -OCH3 is 1. The van der Waals surface area contributed by atoms with Crippen molar-refractivity contribution in [2.75, 3.05) is 7.11 Å². The van der Waals surface area contributed by atoms with Crippen molar-refractivity contribution in [1.82, 2.24) is 14.9 Å². The first-order chi connectivity index (χ1) is 10.8. The van der Waals surface area contributed by atoms with E-state index in [1.54, 1.807) is 12.1 Å². The van der Waals surface area contributed by atoms with E-state index in [9.17, 15) is 13.2 Å². The maximum absolute atomic E-state index is 12.6. The zero-order valence-corrected chi connectivity index (χ0v) is 13.8.